The van der Waals surface area contributed by atoms with Crippen LogP contribution in [-0.4, -0.2) is 34.4 Å². The fraction of sp³-hybridized carbons (Fsp3) is 0.412. The predicted molar refractivity (Wildman–Crippen MR) is 89.1 cm³/mol. The number of rotatable bonds is 2. The Balaban J connectivity index is 1.74. The van der Waals surface area contributed by atoms with E-state index in [0.29, 0.717) is 5.02 Å². The van der Waals surface area contributed by atoms with Crippen molar-refractivity contribution < 1.29 is 5.11 Å². The lowest BCUT2D eigenvalue weighted by Crippen LogP contribution is -2.50. The maximum absolute atomic E-state index is 12.3. The summed E-state index contributed by atoms with van der Waals surface area (Å²) in [6.45, 7) is 1.60. The first kappa shape index (κ1) is 14.7. The van der Waals surface area contributed by atoms with E-state index in [-0.39, 0.29) is 30.0 Å². The van der Waals surface area contributed by atoms with Crippen LogP contribution in [0.2, 0.25) is 5.02 Å². The minimum Gasteiger partial charge on any atom is -0.394 e. The average molecular weight is 332 g/mol. The second-order valence-electron chi connectivity index (χ2n) is 6.34. The molecule has 2 aliphatic rings. The third-order valence-corrected chi connectivity index (χ3v) is 5.24. The van der Waals surface area contributed by atoms with Gasteiger partial charge in [0.05, 0.1) is 17.7 Å². The molecule has 1 saturated heterocycles. The SMILES string of the molecule is O=c1cccc2n1[C@@H](CO)[C@H]1C[C@@H]2CN(c2ccc(Cl)cn2)C1. The van der Waals surface area contributed by atoms with Gasteiger partial charge in [-0.25, -0.2) is 4.98 Å². The molecule has 4 heterocycles. The van der Waals surface area contributed by atoms with E-state index < -0.39 is 0 Å². The van der Waals surface area contributed by atoms with E-state index in [0.717, 1.165) is 31.0 Å². The molecule has 23 heavy (non-hydrogen) atoms. The second-order valence-corrected chi connectivity index (χ2v) is 6.78. The summed E-state index contributed by atoms with van der Waals surface area (Å²) in [6, 6.07) is 8.99. The third kappa shape index (κ3) is 2.44. The molecule has 6 heteroatoms. The maximum atomic E-state index is 12.3. The van der Waals surface area contributed by atoms with E-state index in [9.17, 15) is 9.90 Å². The van der Waals surface area contributed by atoms with Gasteiger partial charge >= 0.3 is 0 Å². The Morgan fingerprint density at radius 1 is 1.26 bits per heavy atom. The molecule has 0 aliphatic carbocycles. The van der Waals surface area contributed by atoms with Crippen molar-refractivity contribution in [2.24, 2.45) is 5.92 Å². The number of pyridine rings is 2. The number of hydrogen-bond acceptors (Lipinski definition) is 4. The summed E-state index contributed by atoms with van der Waals surface area (Å²) in [6.07, 6.45) is 2.65. The van der Waals surface area contributed by atoms with Crippen LogP contribution >= 0.6 is 11.6 Å². The topological polar surface area (TPSA) is 58.4 Å². The van der Waals surface area contributed by atoms with Gasteiger partial charge in [-0.05, 0) is 24.6 Å². The van der Waals surface area contributed by atoms with Crippen molar-refractivity contribution in [3.8, 4) is 0 Å². The lowest BCUT2D eigenvalue weighted by atomic mass is 9.78. The molecular formula is C17H18ClN3O2. The molecule has 1 N–H and O–H groups in total. The average Bonchev–Trinajstić information content (AvgIpc) is 2.56. The first-order valence-corrected chi connectivity index (χ1v) is 8.24. The zero-order valence-corrected chi connectivity index (χ0v) is 13.4. The highest BCUT2D eigenvalue weighted by molar-refractivity contribution is 6.30. The summed E-state index contributed by atoms with van der Waals surface area (Å²) < 4.78 is 1.80. The molecule has 0 unspecified atom stereocenters. The predicted octanol–water partition coefficient (Wildman–Crippen LogP) is 2.05. The Kier molecular flexibility index (Phi) is 3.62. The van der Waals surface area contributed by atoms with E-state index in [2.05, 4.69) is 9.88 Å². The standard InChI is InChI=1S/C17H18ClN3O2/c18-13-4-5-16(19-7-13)20-8-11-6-12(9-20)15(10-22)21-14(11)2-1-3-17(21)23/h1-5,7,11-12,15,22H,6,8-10H2/t11-,12+,15+/m1/s1. The van der Waals surface area contributed by atoms with Crippen molar-refractivity contribution in [3.05, 3.63) is 57.6 Å². The molecular weight excluding hydrogens is 314 g/mol. The summed E-state index contributed by atoms with van der Waals surface area (Å²) in [5, 5.41) is 10.5. The first-order valence-electron chi connectivity index (χ1n) is 7.86. The summed E-state index contributed by atoms with van der Waals surface area (Å²) in [5.74, 6) is 1.42. The van der Waals surface area contributed by atoms with Gasteiger partial charge in [0.2, 0.25) is 0 Å². The van der Waals surface area contributed by atoms with Gasteiger partial charge in [-0.15, -0.1) is 0 Å². The number of hydrogen-bond donors (Lipinski definition) is 1. The number of fused-ring (bicyclic) bond motifs is 4. The molecule has 0 amide bonds. The smallest absolute Gasteiger partial charge is 0.251 e. The fourth-order valence-electron chi connectivity index (χ4n) is 4.02. The van der Waals surface area contributed by atoms with Crippen molar-refractivity contribution >= 4 is 17.4 Å². The zero-order valence-electron chi connectivity index (χ0n) is 12.6. The minimum atomic E-state index is -0.162. The van der Waals surface area contributed by atoms with Gasteiger partial charge in [-0.1, -0.05) is 17.7 Å². The van der Waals surface area contributed by atoms with Crippen molar-refractivity contribution in [3.63, 3.8) is 0 Å². The molecule has 0 radical (unpaired) electrons. The van der Waals surface area contributed by atoms with Crippen LogP contribution in [0, 0.1) is 5.92 Å². The number of aliphatic hydroxyl groups excluding tert-OH is 1. The zero-order chi connectivity index (χ0) is 16.0. The second kappa shape index (κ2) is 5.65. The van der Waals surface area contributed by atoms with Gasteiger partial charge < -0.3 is 14.6 Å². The van der Waals surface area contributed by atoms with Gasteiger partial charge in [0, 0.05) is 42.9 Å². The van der Waals surface area contributed by atoms with Crippen LogP contribution in [-0.2, 0) is 0 Å². The summed E-state index contributed by atoms with van der Waals surface area (Å²) in [4.78, 5) is 18.9. The van der Waals surface area contributed by atoms with Crippen LogP contribution in [0.4, 0.5) is 5.82 Å². The van der Waals surface area contributed by atoms with Crippen molar-refractivity contribution in [1.82, 2.24) is 9.55 Å². The molecule has 2 aromatic heterocycles. The van der Waals surface area contributed by atoms with Crippen LogP contribution in [0.5, 0.6) is 0 Å². The van der Waals surface area contributed by atoms with Gasteiger partial charge in [-0.2, -0.15) is 0 Å². The minimum absolute atomic E-state index is 0.0177. The van der Waals surface area contributed by atoms with Crippen LogP contribution in [0.3, 0.4) is 0 Å². The molecule has 0 saturated carbocycles. The number of nitrogens with zero attached hydrogens (tertiary/aromatic N) is 3. The van der Waals surface area contributed by atoms with Crippen molar-refractivity contribution in [2.75, 3.05) is 24.6 Å². The first-order chi connectivity index (χ1) is 11.2. The molecule has 2 aliphatic heterocycles. The van der Waals surface area contributed by atoms with Crippen LogP contribution in [0.25, 0.3) is 0 Å². The molecule has 4 rings (SSSR count). The number of anilines is 1. The summed E-state index contributed by atoms with van der Waals surface area (Å²) in [7, 11) is 0. The Bertz CT molecular complexity index is 774. The third-order valence-electron chi connectivity index (χ3n) is 5.02. The Morgan fingerprint density at radius 3 is 2.87 bits per heavy atom. The molecule has 0 aromatic carbocycles. The Labute approximate surface area is 139 Å². The maximum Gasteiger partial charge on any atom is 0.251 e. The van der Waals surface area contributed by atoms with Crippen molar-refractivity contribution in [2.45, 2.75) is 18.4 Å². The summed E-state index contributed by atoms with van der Waals surface area (Å²) >= 11 is 5.92. The molecule has 5 nitrogen and oxygen atoms in total. The number of aliphatic hydroxyl groups is 1. The molecule has 120 valence electrons. The van der Waals surface area contributed by atoms with Gasteiger partial charge in [0.25, 0.3) is 5.56 Å². The number of aromatic nitrogens is 2. The number of piperidine rings is 1. The van der Waals surface area contributed by atoms with E-state index in [4.69, 9.17) is 11.6 Å². The highest BCUT2D eigenvalue weighted by Crippen LogP contribution is 2.41. The van der Waals surface area contributed by atoms with Gasteiger partial charge in [0.1, 0.15) is 5.82 Å². The quantitative estimate of drug-likeness (QED) is 0.915. The highest BCUT2D eigenvalue weighted by atomic mass is 35.5. The van der Waals surface area contributed by atoms with E-state index >= 15 is 0 Å². The molecule has 3 atom stereocenters. The van der Waals surface area contributed by atoms with Crippen LogP contribution in [0.15, 0.2) is 41.3 Å². The monoisotopic (exact) mass is 331 g/mol. The van der Waals surface area contributed by atoms with E-state index in [1.165, 1.54) is 0 Å². The van der Waals surface area contributed by atoms with Crippen LogP contribution in [0.1, 0.15) is 24.1 Å². The molecule has 2 bridgehead atoms. The molecule has 2 aromatic rings. The normalized spacial score (nSPS) is 26.0. The fourth-order valence-corrected chi connectivity index (χ4v) is 4.13. The number of halogens is 1. The lowest BCUT2D eigenvalue weighted by molar-refractivity contribution is 0.132. The van der Waals surface area contributed by atoms with Gasteiger partial charge in [0.15, 0.2) is 0 Å². The van der Waals surface area contributed by atoms with Crippen molar-refractivity contribution in [1.29, 1.82) is 0 Å². The lowest BCUT2D eigenvalue weighted by Gasteiger charge is -2.46. The van der Waals surface area contributed by atoms with Gasteiger partial charge in [-0.3, -0.25) is 4.79 Å². The molecule has 1 fully saturated rings. The largest absolute Gasteiger partial charge is 0.394 e. The Hall–Kier alpha value is -1.85. The summed E-state index contributed by atoms with van der Waals surface area (Å²) in [5.41, 5.74) is 1.00. The van der Waals surface area contributed by atoms with E-state index in [1.807, 2.05) is 24.3 Å². The van der Waals surface area contributed by atoms with E-state index in [1.54, 1.807) is 16.8 Å². The highest BCUT2D eigenvalue weighted by Gasteiger charge is 2.40. The Morgan fingerprint density at radius 2 is 2.13 bits per heavy atom. The van der Waals surface area contributed by atoms with Crippen LogP contribution < -0.4 is 10.5 Å². The molecule has 0 spiro atoms.